The molecule has 0 amide bonds. The zero-order valence-electron chi connectivity index (χ0n) is 13.5. The van der Waals surface area contributed by atoms with Gasteiger partial charge in [-0.2, -0.15) is 0 Å². The van der Waals surface area contributed by atoms with Crippen LogP contribution in [0.4, 0.5) is 0 Å². The van der Waals surface area contributed by atoms with E-state index < -0.39 is 0 Å². The SMILES string of the molecule is [Cl-].[Cl-].[Zr+2][C]1=C(c2cc(-c3ccccc3)[pH]c2-c2ccccc2)C=CC1. The standard InChI is InChI=1S/C21H16P.2ClH.Zr/c1-3-11-17(12-4-1)20-15-19(16-9-7-8-10-16)21(22-20)18-13-5-2-6-14-18;;;/h1-7,9,11-15,22H,8H2;2*1H;/q;;;+2/p-2. The molecule has 0 fully saturated rings. The average molecular weight is 461 g/mol. The van der Waals surface area contributed by atoms with Crippen molar-refractivity contribution >= 4 is 13.8 Å². The van der Waals surface area contributed by atoms with E-state index in [0.29, 0.717) is 0 Å². The van der Waals surface area contributed by atoms with Gasteiger partial charge in [0.2, 0.25) is 0 Å². The van der Waals surface area contributed by atoms with E-state index in [-0.39, 0.29) is 24.8 Å². The van der Waals surface area contributed by atoms with Crippen LogP contribution in [0, 0.1) is 0 Å². The molecule has 1 aromatic heterocycles. The second kappa shape index (κ2) is 9.20. The fraction of sp³-hybridized carbons (Fsp3) is 0.0476. The topological polar surface area (TPSA) is 0 Å². The van der Waals surface area contributed by atoms with Gasteiger partial charge in [-0.05, 0) is 0 Å². The molecule has 0 N–H and O–H groups in total. The van der Waals surface area contributed by atoms with Gasteiger partial charge in [-0.3, -0.25) is 0 Å². The molecule has 2 aromatic carbocycles. The summed E-state index contributed by atoms with van der Waals surface area (Å²) in [5.41, 5.74) is 5.61. The molecule has 0 bridgehead atoms. The average Bonchev–Trinajstić information content (AvgIpc) is 3.22. The predicted molar refractivity (Wildman–Crippen MR) is 97.5 cm³/mol. The number of benzene rings is 2. The Bertz CT molecular complexity index is 896. The Labute approximate surface area is 178 Å². The van der Waals surface area contributed by atoms with Crippen molar-refractivity contribution in [3.63, 3.8) is 0 Å². The van der Waals surface area contributed by atoms with Gasteiger partial charge in [-0.25, -0.2) is 0 Å². The van der Waals surface area contributed by atoms with E-state index in [1.807, 2.05) is 0 Å². The van der Waals surface area contributed by atoms with Crippen LogP contribution in [0.15, 0.2) is 82.2 Å². The quantitative estimate of drug-likeness (QED) is 0.526. The summed E-state index contributed by atoms with van der Waals surface area (Å²) in [6, 6.07) is 24.1. The van der Waals surface area contributed by atoms with Crippen molar-refractivity contribution in [1.29, 1.82) is 0 Å². The Morgan fingerprint density at radius 2 is 1.40 bits per heavy atom. The summed E-state index contributed by atoms with van der Waals surface area (Å²) >= 11 is 1.53. The minimum atomic E-state index is 0. The molecule has 123 valence electrons. The Kier molecular flexibility index (Phi) is 7.54. The van der Waals surface area contributed by atoms with E-state index in [4.69, 9.17) is 0 Å². The monoisotopic (exact) mass is 459 g/mol. The molecule has 0 nitrogen and oxygen atoms in total. The second-order valence-electron chi connectivity index (χ2n) is 5.70. The van der Waals surface area contributed by atoms with E-state index in [1.54, 1.807) is 3.28 Å². The summed E-state index contributed by atoms with van der Waals surface area (Å²) in [5, 5.41) is 2.95. The first-order valence-electron chi connectivity index (χ1n) is 7.78. The van der Waals surface area contributed by atoms with Gasteiger partial charge in [-0.1, -0.05) is 0 Å². The van der Waals surface area contributed by atoms with E-state index in [2.05, 4.69) is 78.9 Å². The summed E-state index contributed by atoms with van der Waals surface area (Å²) in [6.07, 6.45) is 5.74. The molecule has 1 heterocycles. The Morgan fingerprint density at radius 3 is 1.96 bits per heavy atom. The number of allylic oxidation sites excluding steroid dienone is 4. The van der Waals surface area contributed by atoms with Gasteiger partial charge in [0.05, 0.1) is 0 Å². The van der Waals surface area contributed by atoms with Crippen LogP contribution in [0.5, 0.6) is 0 Å². The third-order valence-corrected chi connectivity index (χ3v) is 6.86. The van der Waals surface area contributed by atoms with Gasteiger partial charge in [0.25, 0.3) is 0 Å². The van der Waals surface area contributed by atoms with E-state index in [9.17, 15) is 0 Å². The first-order chi connectivity index (χ1) is 11.3. The first kappa shape index (κ1) is 20.5. The molecule has 0 saturated carbocycles. The molecule has 0 saturated heterocycles. The molecule has 25 heavy (non-hydrogen) atoms. The van der Waals surface area contributed by atoms with Crippen molar-refractivity contribution in [1.82, 2.24) is 0 Å². The molecule has 1 unspecified atom stereocenters. The third kappa shape index (κ3) is 4.29. The molecular weight excluding hydrogens is 445 g/mol. The van der Waals surface area contributed by atoms with Crippen LogP contribution in [0.25, 0.3) is 27.3 Å². The fourth-order valence-electron chi connectivity index (χ4n) is 3.03. The Hall–Kier alpha value is -0.837. The number of halogens is 2. The fourth-order valence-corrected chi connectivity index (χ4v) is 5.31. The van der Waals surface area contributed by atoms with Crippen molar-refractivity contribution in [2.24, 2.45) is 0 Å². The summed E-state index contributed by atoms with van der Waals surface area (Å²) in [4.78, 5) is 0. The maximum atomic E-state index is 2.42. The zero-order valence-corrected chi connectivity index (χ0v) is 18.4. The molecule has 4 heteroatoms. The second-order valence-corrected chi connectivity index (χ2v) is 8.47. The van der Waals surface area contributed by atoms with Crippen molar-refractivity contribution in [2.45, 2.75) is 6.42 Å². The molecule has 0 aliphatic heterocycles. The summed E-state index contributed by atoms with van der Waals surface area (Å²) < 4.78 is 1.57. The van der Waals surface area contributed by atoms with Gasteiger partial charge in [0.15, 0.2) is 0 Å². The van der Waals surface area contributed by atoms with Crippen molar-refractivity contribution in [3.05, 3.63) is 87.7 Å². The Balaban J connectivity index is 0.00000113. The minimum absolute atomic E-state index is 0. The van der Waals surface area contributed by atoms with Gasteiger partial charge < -0.3 is 24.8 Å². The summed E-state index contributed by atoms with van der Waals surface area (Å²) in [5.74, 6) is 0. The number of hydrogen-bond donors (Lipinski definition) is 0. The molecule has 3 aromatic rings. The first-order valence-corrected chi connectivity index (χ1v) is 10.0. The van der Waals surface area contributed by atoms with Gasteiger partial charge in [0, 0.05) is 0 Å². The molecule has 0 radical (unpaired) electrons. The normalized spacial score (nSPS) is 13.0. The molecular formula is C21H16Cl2PZr. The number of rotatable bonds is 3. The van der Waals surface area contributed by atoms with Gasteiger partial charge in [-0.15, -0.1) is 0 Å². The Morgan fingerprint density at radius 1 is 0.800 bits per heavy atom. The van der Waals surface area contributed by atoms with Crippen LogP contribution in [0.1, 0.15) is 12.0 Å². The van der Waals surface area contributed by atoms with Crippen molar-refractivity contribution in [3.8, 4) is 21.7 Å². The molecule has 0 spiro atoms. The predicted octanol–water partition coefficient (Wildman–Crippen LogP) is 0.278. The van der Waals surface area contributed by atoms with E-state index in [0.717, 1.165) is 14.6 Å². The van der Waals surface area contributed by atoms with Gasteiger partial charge >= 0.3 is 154 Å². The molecule has 4 rings (SSSR count). The maximum absolute atomic E-state index is 2.42. The van der Waals surface area contributed by atoms with Crippen LogP contribution in [0.2, 0.25) is 0 Å². The van der Waals surface area contributed by atoms with Crippen LogP contribution in [0.3, 0.4) is 0 Å². The van der Waals surface area contributed by atoms with Crippen LogP contribution in [-0.4, -0.2) is 0 Å². The van der Waals surface area contributed by atoms with Gasteiger partial charge in [0.1, 0.15) is 0 Å². The van der Waals surface area contributed by atoms with Crippen molar-refractivity contribution in [2.75, 3.05) is 0 Å². The molecule has 1 aliphatic carbocycles. The molecule has 1 atom stereocenters. The zero-order chi connectivity index (χ0) is 15.6. The molecule has 1 aliphatic rings. The van der Waals surface area contributed by atoms with Crippen LogP contribution < -0.4 is 24.8 Å². The third-order valence-electron chi connectivity index (χ3n) is 4.19. The van der Waals surface area contributed by atoms with Crippen LogP contribution >= 0.6 is 8.19 Å². The number of hydrogen-bond acceptors (Lipinski definition) is 0. The summed E-state index contributed by atoms with van der Waals surface area (Å²) in [7, 11) is 0.725. The van der Waals surface area contributed by atoms with Crippen LogP contribution in [-0.2, 0) is 24.7 Å². The van der Waals surface area contributed by atoms with E-state index >= 15 is 0 Å². The van der Waals surface area contributed by atoms with Crippen molar-refractivity contribution < 1.29 is 49.5 Å². The van der Waals surface area contributed by atoms with E-state index in [1.165, 1.54) is 57.6 Å². The summed E-state index contributed by atoms with van der Waals surface area (Å²) in [6.45, 7) is 0.